The molecule has 90 valence electrons. The van der Waals surface area contributed by atoms with Crippen molar-refractivity contribution < 1.29 is 4.79 Å². The van der Waals surface area contributed by atoms with Gasteiger partial charge < -0.3 is 10.7 Å². The Bertz CT molecular complexity index is 555. The molecule has 0 saturated carbocycles. The van der Waals surface area contributed by atoms with Gasteiger partial charge in [-0.1, -0.05) is 26.3 Å². The van der Waals surface area contributed by atoms with Gasteiger partial charge in [0.15, 0.2) is 0 Å². The smallest absolute Gasteiger partial charge is 0.248 e. The summed E-state index contributed by atoms with van der Waals surface area (Å²) in [6.07, 6.45) is 3.16. The molecule has 1 aromatic heterocycles. The maximum absolute atomic E-state index is 11.1. The molecule has 0 atom stereocenters. The van der Waals surface area contributed by atoms with Crippen LogP contribution in [0.25, 0.3) is 10.9 Å². The van der Waals surface area contributed by atoms with Gasteiger partial charge in [0.25, 0.3) is 0 Å². The molecule has 1 aromatic carbocycles. The number of aromatic amines is 1. The van der Waals surface area contributed by atoms with Crippen LogP contribution in [0.3, 0.4) is 0 Å². The summed E-state index contributed by atoms with van der Waals surface area (Å²) in [5.41, 5.74) is 9.51. The second kappa shape index (κ2) is 4.62. The zero-order valence-electron chi connectivity index (χ0n) is 10.3. The van der Waals surface area contributed by atoms with Gasteiger partial charge in [-0.3, -0.25) is 4.79 Å². The highest BCUT2D eigenvalue weighted by molar-refractivity contribution is 5.97. The minimum atomic E-state index is -0.378. The van der Waals surface area contributed by atoms with Crippen LogP contribution < -0.4 is 5.73 Å². The van der Waals surface area contributed by atoms with Crippen LogP contribution in [0, 0.1) is 0 Å². The first-order chi connectivity index (χ1) is 8.17. The van der Waals surface area contributed by atoms with Gasteiger partial charge in [-0.2, -0.15) is 0 Å². The van der Waals surface area contributed by atoms with Gasteiger partial charge in [0.2, 0.25) is 5.91 Å². The number of carbonyl (C=O) groups is 1. The molecule has 3 nitrogen and oxygen atoms in total. The fraction of sp³-hybridized carbons (Fsp3) is 0.357. The monoisotopic (exact) mass is 230 g/mol. The Morgan fingerprint density at radius 1 is 1.35 bits per heavy atom. The van der Waals surface area contributed by atoms with Crippen molar-refractivity contribution in [3.05, 3.63) is 35.0 Å². The van der Waals surface area contributed by atoms with Crippen LogP contribution in [0.15, 0.2) is 18.2 Å². The third kappa shape index (κ3) is 2.05. The van der Waals surface area contributed by atoms with Gasteiger partial charge in [-0.25, -0.2) is 0 Å². The molecule has 3 heteroatoms. The molecule has 0 aliphatic heterocycles. The SMILES string of the molecule is CCCc1[nH]c2cc(C(N)=O)ccc2c1CC. The summed E-state index contributed by atoms with van der Waals surface area (Å²) in [5, 5.41) is 1.21. The minimum absolute atomic E-state index is 0.378. The van der Waals surface area contributed by atoms with E-state index in [0.29, 0.717) is 5.56 Å². The molecule has 0 aliphatic rings. The third-order valence-corrected chi connectivity index (χ3v) is 3.13. The topological polar surface area (TPSA) is 58.9 Å². The molecule has 1 amide bonds. The Kier molecular flexibility index (Phi) is 3.18. The van der Waals surface area contributed by atoms with Gasteiger partial charge >= 0.3 is 0 Å². The Labute approximate surface area is 101 Å². The maximum Gasteiger partial charge on any atom is 0.248 e. The second-order valence-corrected chi connectivity index (χ2v) is 4.31. The molecule has 0 unspecified atom stereocenters. The number of hydrogen-bond donors (Lipinski definition) is 2. The number of amides is 1. The molecule has 0 spiro atoms. The summed E-state index contributed by atoms with van der Waals surface area (Å²) in [6, 6.07) is 5.63. The fourth-order valence-electron chi connectivity index (χ4n) is 2.33. The minimum Gasteiger partial charge on any atom is -0.366 e. The van der Waals surface area contributed by atoms with E-state index < -0.39 is 0 Å². The van der Waals surface area contributed by atoms with Crippen LogP contribution in [0.2, 0.25) is 0 Å². The zero-order valence-corrected chi connectivity index (χ0v) is 10.3. The summed E-state index contributed by atoms with van der Waals surface area (Å²) in [7, 11) is 0. The highest BCUT2D eigenvalue weighted by Crippen LogP contribution is 2.25. The lowest BCUT2D eigenvalue weighted by molar-refractivity contribution is 0.100. The van der Waals surface area contributed by atoms with E-state index in [-0.39, 0.29) is 5.91 Å². The normalized spacial score (nSPS) is 10.9. The number of primary amides is 1. The largest absolute Gasteiger partial charge is 0.366 e. The molecule has 0 saturated heterocycles. The van der Waals surface area contributed by atoms with Crippen molar-refractivity contribution in [3.63, 3.8) is 0 Å². The van der Waals surface area contributed by atoms with E-state index in [4.69, 9.17) is 5.73 Å². The number of aryl methyl sites for hydroxylation is 2. The molecule has 3 N–H and O–H groups in total. The van der Waals surface area contributed by atoms with Crippen LogP contribution in [0.4, 0.5) is 0 Å². The van der Waals surface area contributed by atoms with Crippen molar-refractivity contribution in [2.24, 2.45) is 5.73 Å². The number of benzene rings is 1. The van der Waals surface area contributed by atoms with E-state index >= 15 is 0 Å². The quantitative estimate of drug-likeness (QED) is 0.833. The molecule has 17 heavy (non-hydrogen) atoms. The number of rotatable bonds is 4. The van der Waals surface area contributed by atoms with Crippen LogP contribution in [0.1, 0.15) is 41.9 Å². The highest BCUT2D eigenvalue weighted by Gasteiger charge is 2.10. The molecule has 1 heterocycles. The first kappa shape index (κ1) is 11.7. The standard InChI is InChI=1S/C14H18N2O/c1-3-5-12-10(4-2)11-7-6-9(14(15)17)8-13(11)16-12/h6-8,16H,3-5H2,1-2H3,(H2,15,17). The van der Waals surface area contributed by atoms with Crippen molar-refractivity contribution in [3.8, 4) is 0 Å². The number of H-pyrrole nitrogens is 1. The lowest BCUT2D eigenvalue weighted by Gasteiger charge is -1.99. The molecule has 0 fully saturated rings. The lowest BCUT2D eigenvalue weighted by Crippen LogP contribution is -2.10. The van der Waals surface area contributed by atoms with E-state index in [1.165, 1.54) is 16.6 Å². The van der Waals surface area contributed by atoms with Crippen molar-refractivity contribution in [1.29, 1.82) is 0 Å². The Balaban J connectivity index is 2.60. The van der Waals surface area contributed by atoms with Gasteiger partial charge in [0.1, 0.15) is 0 Å². The fourth-order valence-corrected chi connectivity index (χ4v) is 2.33. The summed E-state index contributed by atoms with van der Waals surface area (Å²) in [4.78, 5) is 14.5. The van der Waals surface area contributed by atoms with Gasteiger partial charge in [-0.15, -0.1) is 0 Å². The van der Waals surface area contributed by atoms with Gasteiger partial charge in [0.05, 0.1) is 0 Å². The predicted molar refractivity (Wildman–Crippen MR) is 70.2 cm³/mol. The first-order valence-electron chi connectivity index (χ1n) is 6.10. The van der Waals surface area contributed by atoms with E-state index in [2.05, 4.69) is 18.8 Å². The van der Waals surface area contributed by atoms with E-state index in [9.17, 15) is 4.79 Å². The van der Waals surface area contributed by atoms with E-state index in [0.717, 1.165) is 24.8 Å². The summed E-state index contributed by atoms with van der Waals surface area (Å²) in [5.74, 6) is -0.378. The van der Waals surface area contributed by atoms with Crippen LogP contribution in [-0.2, 0) is 12.8 Å². The van der Waals surface area contributed by atoms with Crippen molar-refractivity contribution in [2.45, 2.75) is 33.1 Å². The van der Waals surface area contributed by atoms with Gasteiger partial charge in [0, 0.05) is 22.2 Å². The van der Waals surface area contributed by atoms with Crippen molar-refractivity contribution >= 4 is 16.8 Å². The average Bonchev–Trinajstić information content (AvgIpc) is 2.65. The number of nitrogens with one attached hydrogen (secondary N) is 1. The van der Waals surface area contributed by atoms with E-state index in [1.807, 2.05) is 12.1 Å². The van der Waals surface area contributed by atoms with Crippen LogP contribution >= 0.6 is 0 Å². The molecule has 0 radical (unpaired) electrons. The molecular weight excluding hydrogens is 212 g/mol. The Morgan fingerprint density at radius 2 is 2.12 bits per heavy atom. The summed E-state index contributed by atoms with van der Waals surface area (Å²) < 4.78 is 0. The zero-order chi connectivity index (χ0) is 12.4. The second-order valence-electron chi connectivity index (χ2n) is 4.31. The number of aromatic nitrogens is 1. The maximum atomic E-state index is 11.1. The molecule has 2 rings (SSSR count). The lowest BCUT2D eigenvalue weighted by atomic mass is 10.0. The van der Waals surface area contributed by atoms with Crippen LogP contribution in [0.5, 0.6) is 0 Å². The van der Waals surface area contributed by atoms with Crippen molar-refractivity contribution in [2.75, 3.05) is 0 Å². The summed E-state index contributed by atoms with van der Waals surface area (Å²) in [6.45, 7) is 4.32. The highest BCUT2D eigenvalue weighted by atomic mass is 16.1. The Hall–Kier alpha value is -1.77. The molecular formula is C14H18N2O. The average molecular weight is 230 g/mol. The van der Waals surface area contributed by atoms with Crippen LogP contribution in [-0.4, -0.2) is 10.9 Å². The molecule has 2 aromatic rings. The number of carbonyl (C=O) groups excluding carboxylic acids is 1. The molecule has 0 aliphatic carbocycles. The molecule has 0 bridgehead atoms. The number of fused-ring (bicyclic) bond motifs is 1. The number of nitrogens with two attached hydrogens (primary N) is 1. The third-order valence-electron chi connectivity index (χ3n) is 3.13. The first-order valence-corrected chi connectivity index (χ1v) is 6.10. The van der Waals surface area contributed by atoms with Gasteiger partial charge in [-0.05, 0) is 30.5 Å². The van der Waals surface area contributed by atoms with Crippen molar-refractivity contribution in [1.82, 2.24) is 4.98 Å². The Morgan fingerprint density at radius 3 is 2.71 bits per heavy atom. The van der Waals surface area contributed by atoms with E-state index in [1.54, 1.807) is 6.07 Å². The summed E-state index contributed by atoms with van der Waals surface area (Å²) >= 11 is 0. The predicted octanol–water partition coefficient (Wildman–Crippen LogP) is 2.78. The number of hydrogen-bond acceptors (Lipinski definition) is 1.